The molecule has 2 rings (SSSR count). The Morgan fingerprint density at radius 2 is 2.20 bits per heavy atom. The van der Waals surface area contributed by atoms with Gasteiger partial charge in [-0.3, -0.25) is 4.79 Å². The minimum absolute atomic E-state index is 0.0538. The van der Waals surface area contributed by atoms with E-state index >= 15 is 0 Å². The van der Waals surface area contributed by atoms with Crippen LogP contribution in [0, 0.1) is 6.92 Å². The summed E-state index contributed by atoms with van der Waals surface area (Å²) >= 11 is 0. The molecule has 4 heteroatoms. The molecule has 0 spiro atoms. The number of aldehydes is 1. The first-order chi connectivity index (χ1) is 7.15. The molecule has 0 bridgehead atoms. The predicted octanol–water partition coefficient (Wildman–Crippen LogP) is 1.99. The fraction of sp³-hybridized carbons (Fsp3) is 0.0909. The van der Waals surface area contributed by atoms with Crippen LogP contribution in [0.3, 0.4) is 0 Å². The number of carbonyl (C=O) groups is 2. The molecule has 15 heavy (non-hydrogen) atoms. The van der Waals surface area contributed by atoms with Crippen LogP contribution in [0.25, 0.3) is 10.9 Å². The molecule has 0 saturated carbocycles. The molecule has 0 unspecified atom stereocenters. The smallest absolute Gasteiger partial charge is 0.338 e. The summed E-state index contributed by atoms with van der Waals surface area (Å²) in [7, 11) is 0. The molecule has 0 amide bonds. The minimum atomic E-state index is -1.09. The van der Waals surface area contributed by atoms with Crippen molar-refractivity contribution >= 4 is 23.2 Å². The number of nitrogens with one attached hydrogen (secondary N) is 1. The number of aromatic amines is 1. The summed E-state index contributed by atoms with van der Waals surface area (Å²) in [4.78, 5) is 24.5. The van der Waals surface area contributed by atoms with Gasteiger partial charge in [-0.1, -0.05) is 12.1 Å². The van der Waals surface area contributed by atoms with Crippen LogP contribution in [0.4, 0.5) is 0 Å². The molecule has 0 aliphatic rings. The van der Waals surface area contributed by atoms with E-state index in [-0.39, 0.29) is 11.3 Å². The Labute approximate surface area is 85.5 Å². The first-order valence-corrected chi connectivity index (χ1v) is 4.45. The second-order valence-corrected chi connectivity index (χ2v) is 3.33. The van der Waals surface area contributed by atoms with Crippen molar-refractivity contribution in [3.63, 3.8) is 0 Å². The molecule has 2 aromatic rings. The lowest BCUT2D eigenvalue weighted by Crippen LogP contribution is -1.99. The Bertz CT molecular complexity index is 554. The van der Waals surface area contributed by atoms with Gasteiger partial charge in [0.2, 0.25) is 0 Å². The quantitative estimate of drug-likeness (QED) is 0.733. The SMILES string of the molecule is Cc1cccc2[nH]c(C=O)c(C(=O)O)c12. The normalized spacial score (nSPS) is 10.5. The lowest BCUT2D eigenvalue weighted by molar-refractivity contribution is 0.0696. The maximum Gasteiger partial charge on any atom is 0.338 e. The van der Waals surface area contributed by atoms with E-state index in [2.05, 4.69) is 4.98 Å². The molecule has 0 fully saturated rings. The lowest BCUT2D eigenvalue weighted by Gasteiger charge is -1.97. The summed E-state index contributed by atoms with van der Waals surface area (Å²) in [6.07, 6.45) is 0.531. The second kappa shape index (κ2) is 3.24. The zero-order chi connectivity index (χ0) is 11.0. The third kappa shape index (κ3) is 1.30. The number of rotatable bonds is 2. The van der Waals surface area contributed by atoms with Gasteiger partial charge < -0.3 is 10.1 Å². The fourth-order valence-corrected chi connectivity index (χ4v) is 1.76. The minimum Gasteiger partial charge on any atom is -0.478 e. The van der Waals surface area contributed by atoms with Gasteiger partial charge in [0, 0.05) is 10.9 Å². The largest absolute Gasteiger partial charge is 0.478 e. The maximum absolute atomic E-state index is 11.0. The van der Waals surface area contributed by atoms with Gasteiger partial charge in [-0.25, -0.2) is 4.79 Å². The van der Waals surface area contributed by atoms with Gasteiger partial charge in [-0.05, 0) is 18.6 Å². The Kier molecular flexibility index (Phi) is 2.04. The lowest BCUT2D eigenvalue weighted by atomic mass is 10.1. The van der Waals surface area contributed by atoms with E-state index in [1.54, 1.807) is 6.07 Å². The van der Waals surface area contributed by atoms with Crippen molar-refractivity contribution in [1.29, 1.82) is 0 Å². The first kappa shape index (κ1) is 9.45. The molecular weight excluding hydrogens is 194 g/mol. The van der Waals surface area contributed by atoms with Crippen LogP contribution < -0.4 is 0 Å². The second-order valence-electron chi connectivity index (χ2n) is 3.33. The monoisotopic (exact) mass is 203 g/mol. The molecule has 0 aliphatic heterocycles. The Hall–Kier alpha value is -2.10. The summed E-state index contributed by atoms with van der Waals surface area (Å²) < 4.78 is 0. The number of benzene rings is 1. The number of carboxylic acids is 1. The number of fused-ring (bicyclic) bond motifs is 1. The van der Waals surface area contributed by atoms with Crippen molar-refractivity contribution in [3.8, 4) is 0 Å². The molecule has 1 aromatic carbocycles. The van der Waals surface area contributed by atoms with Crippen LogP contribution in [-0.2, 0) is 0 Å². The molecule has 0 atom stereocenters. The first-order valence-electron chi connectivity index (χ1n) is 4.45. The molecule has 1 aromatic heterocycles. The average molecular weight is 203 g/mol. The van der Waals surface area contributed by atoms with E-state index in [0.717, 1.165) is 5.56 Å². The van der Waals surface area contributed by atoms with E-state index in [1.165, 1.54) is 0 Å². The molecule has 0 aliphatic carbocycles. The van der Waals surface area contributed by atoms with E-state index < -0.39 is 5.97 Å². The van der Waals surface area contributed by atoms with E-state index in [0.29, 0.717) is 17.2 Å². The molecule has 4 nitrogen and oxygen atoms in total. The Balaban J connectivity index is 2.94. The molecule has 0 radical (unpaired) electrons. The standard InChI is InChI=1S/C11H9NO3/c1-6-3-2-4-7-9(6)10(11(14)15)8(5-13)12-7/h2-5,12H,1H3,(H,14,15). The van der Waals surface area contributed by atoms with E-state index in [1.807, 2.05) is 19.1 Å². The number of aromatic carboxylic acids is 1. The van der Waals surface area contributed by atoms with Gasteiger partial charge in [-0.2, -0.15) is 0 Å². The van der Waals surface area contributed by atoms with Crippen LogP contribution in [0.1, 0.15) is 26.4 Å². The van der Waals surface area contributed by atoms with Crippen molar-refractivity contribution in [2.24, 2.45) is 0 Å². The fourth-order valence-electron chi connectivity index (χ4n) is 1.76. The third-order valence-electron chi connectivity index (χ3n) is 2.39. The molecule has 76 valence electrons. The van der Waals surface area contributed by atoms with Gasteiger partial charge in [-0.15, -0.1) is 0 Å². The predicted molar refractivity (Wildman–Crippen MR) is 55.4 cm³/mol. The number of H-pyrrole nitrogens is 1. The average Bonchev–Trinajstić information content (AvgIpc) is 2.57. The number of carboxylic acid groups (broad SMARTS) is 1. The van der Waals surface area contributed by atoms with Crippen molar-refractivity contribution < 1.29 is 14.7 Å². The summed E-state index contributed by atoms with van der Waals surface area (Å²) in [5, 5.41) is 9.63. The van der Waals surface area contributed by atoms with Crippen LogP contribution >= 0.6 is 0 Å². The third-order valence-corrected chi connectivity index (χ3v) is 2.39. The van der Waals surface area contributed by atoms with Crippen LogP contribution in [0.5, 0.6) is 0 Å². The highest BCUT2D eigenvalue weighted by Crippen LogP contribution is 2.24. The number of hydrogen-bond acceptors (Lipinski definition) is 2. The van der Waals surface area contributed by atoms with Crippen LogP contribution in [-0.4, -0.2) is 22.3 Å². The van der Waals surface area contributed by atoms with Crippen molar-refractivity contribution in [2.45, 2.75) is 6.92 Å². The van der Waals surface area contributed by atoms with Gasteiger partial charge in [0.05, 0.1) is 11.3 Å². The summed E-state index contributed by atoms with van der Waals surface area (Å²) in [5.41, 5.74) is 1.69. The molecule has 1 heterocycles. The number of aromatic nitrogens is 1. The van der Waals surface area contributed by atoms with Crippen molar-refractivity contribution in [1.82, 2.24) is 4.98 Å². The van der Waals surface area contributed by atoms with Gasteiger partial charge in [0.25, 0.3) is 0 Å². The van der Waals surface area contributed by atoms with Gasteiger partial charge >= 0.3 is 5.97 Å². The van der Waals surface area contributed by atoms with Gasteiger partial charge in [0.15, 0.2) is 6.29 Å². The Morgan fingerprint density at radius 1 is 1.47 bits per heavy atom. The molecular formula is C11H9NO3. The van der Waals surface area contributed by atoms with Gasteiger partial charge in [0.1, 0.15) is 0 Å². The summed E-state index contributed by atoms with van der Waals surface area (Å²) in [5.74, 6) is -1.09. The van der Waals surface area contributed by atoms with E-state index in [4.69, 9.17) is 5.11 Å². The zero-order valence-electron chi connectivity index (χ0n) is 8.07. The van der Waals surface area contributed by atoms with Crippen molar-refractivity contribution in [3.05, 3.63) is 35.0 Å². The topological polar surface area (TPSA) is 70.2 Å². The number of hydrogen-bond donors (Lipinski definition) is 2. The number of carbonyl (C=O) groups excluding carboxylic acids is 1. The molecule has 0 saturated heterocycles. The maximum atomic E-state index is 11.0. The highest BCUT2D eigenvalue weighted by Gasteiger charge is 2.18. The highest BCUT2D eigenvalue weighted by atomic mass is 16.4. The zero-order valence-corrected chi connectivity index (χ0v) is 8.07. The van der Waals surface area contributed by atoms with Crippen LogP contribution in [0.2, 0.25) is 0 Å². The molecule has 2 N–H and O–H groups in total. The highest BCUT2D eigenvalue weighted by molar-refractivity contribution is 6.10. The Morgan fingerprint density at radius 3 is 2.80 bits per heavy atom. The van der Waals surface area contributed by atoms with E-state index in [9.17, 15) is 9.59 Å². The van der Waals surface area contributed by atoms with Crippen molar-refractivity contribution in [2.75, 3.05) is 0 Å². The summed E-state index contributed by atoms with van der Waals surface area (Å²) in [6, 6.07) is 5.38. The number of aryl methyl sites for hydroxylation is 1. The van der Waals surface area contributed by atoms with Crippen LogP contribution in [0.15, 0.2) is 18.2 Å². The summed E-state index contributed by atoms with van der Waals surface area (Å²) in [6.45, 7) is 1.82.